The molecular formula is C57H66N4+4. The first kappa shape index (κ1) is 45.6. The summed E-state index contributed by atoms with van der Waals surface area (Å²) in [7, 11) is 8.40. The number of aryl methyl sites for hydroxylation is 11. The van der Waals surface area contributed by atoms with Crippen molar-refractivity contribution >= 4 is 0 Å². The molecule has 4 heterocycles. The Bertz CT molecular complexity index is 2660. The van der Waals surface area contributed by atoms with Crippen molar-refractivity contribution in [3.63, 3.8) is 0 Å². The summed E-state index contributed by atoms with van der Waals surface area (Å²) in [4.78, 5) is 0. The summed E-state index contributed by atoms with van der Waals surface area (Å²) < 4.78 is 8.78. The highest BCUT2D eigenvalue weighted by molar-refractivity contribution is 5.63. The Balaban J connectivity index is 0.000000154. The Morgan fingerprint density at radius 2 is 0.705 bits per heavy atom. The lowest BCUT2D eigenvalue weighted by molar-refractivity contribution is -0.667. The lowest BCUT2D eigenvalue weighted by Crippen LogP contribution is -2.35. The molecule has 0 unspecified atom stereocenters. The fraction of sp³-hybridized carbons (Fsp3) is 0.228. The largest absolute Gasteiger partial charge is 0.212 e. The Hall–Kier alpha value is -6.52. The van der Waals surface area contributed by atoms with Gasteiger partial charge in [0, 0.05) is 76.2 Å². The Kier molecular flexibility index (Phi) is 15.8. The van der Waals surface area contributed by atoms with E-state index in [0.717, 1.165) is 0 Å². The minimum Gasteiger partial charge on any atom is -0.201 e. The summed E-state index contributed by atoms with van der Waals surface area (Å²) in [5.41, 5.74) is 22.2. The van der Waals surface area contributed by atoms with Gasteiger partial charge in [0.25, 0.3) is 0 Å². The number of hydrogen-bond acceptors (Lipinski definition) is 0. The zero-order valence-corrected chi connectivity index (χ0v) is 38.9. The minimum absolute atomic E-state index is 1.26. The standard InChI is InChI=1S/2C15H18N.C14H16N.C13H14N/c1-11-7-5-6-8-14(11)15-9-12(2)13(3)10-16(15)4;1-11-9-10-15(16(4)13(11)3)14-8-6-5-7-12(14)2;1-11-8-9-14(15(3)10-11)13-7-5-4-6-12(13)2;1-11-7-3-4-8-12(11)13-9-5-6-10-14(13)2/h2*5-10H,1-4H3;4-10H,1-3H3;3-10H,1-2H3/q4*+1. The highest BCUT2D eigenvalue weighted by atomic mass is 14.9. The maximum atomic E-state index is 2.26. The first-order valence-corrected chi connectivity index (χ1v) is 21.3. The third-order valence-corrected chi connectivity index (χ3v) is 11.7. The molecule has 0 bridgehead atoms. The van der Waals surface area contributed by atoms with Gasteiger partial charge in [-0.1, -0.05) is 72.8 Å². The van der Waals surface area contributed by atoms with Gasteiger partial charge in [0.05, 0.1) is 0 Å². The van der Waals surface area contributed by atoms with Crippen LogP contribution in [0.25, 0.3) is 45.0 Å². The molecule has 4 heteroatoms. The van der Waals surface area contributed by atoms with Crippen molar-refractivity contribution in [1.82, 2.24) is 0 Å². The van der Waals surface area contributed by atoms with Crippen molar-refractivity contribution in [2.24, 2.45) is 28.2 Å². The maximum absolute atomic E-state index is 2.26. The Labute approximate surface area is 366 Å². The van der Waals surface area contributed by atoms with Crippen LogP contribution in [0.2, 0.25) is 0 Å². The van der Waals surface area contributed by atoms with Crippen LogP contribution in [0.3, 0.4) is 0 Å². The van der Waals surface area contributed by atoms with Gasteiger partial charge in [0.2, 0.25) is 22.8 Å². The van der Waals surface area contributed by atoms with E-state index in [1.54, 1.807) is 0 Å². The average Bonchev–Trinajstić information content (AvgIpc) is 3.24. The summed E-state index contributed by atoms with van der Waals surface area (Å²) in [6, 6.07) is 51.2. The number of benzene rings is 4. The van der Waals surface area contributed by atoms with E-state index >= 15 is 0 Å². The molecule has 0 aliphatic rings. The molecule has 0 atom stereocenters. The minimum atomic E-state index is 1.26. The van der Waals surface area contributed by atoms with Crippen LogP contribution in [-0.4, -0.2) is 0 Å². The number of nitrogens with zero attached hydrogens (tertiary/aromatic N) is 4. The second-order valence-electron chi connectivity index (χ2n) is 16.3. The summed E-state index contributed by atoms with van der Waals surface area (Å²) in [6.07, 6.45) is 6.42. The van der Waals surface area contributed by atoms with Crippen LogP contribution >= 0.6 is 0 Å². The van der Waals surface area contributed by atoms with Crippen molar-refractivity contribution < 1.29 is 18.3 Å². The highest BCUT2D eigenvalue weighted by Gasteiger charge is 2.16. The van der Waals surface area contributed by atoms with E-state index in [1.165, 1.54) is 95.2 Å². The van der Waals surface area contributed by atoms with Gasteiger partial charge in [-0.15, -0.1) is 0 Å². The lowest BCUT2D eigenvalue weighted by Gasteiger charge is -2.07. The van der Waals surface area contributed by atoms with Crippen molar-refractivity contribution in [3.8, 4) is 45.0 Å². The molecule has 0 N–H and O–H groups in total. The van der Waals surface area contributed by atoms with E-state index in [0.29, 0.717) is 0 Å². The van der Waals surface area contributed by atoms with Gasteiger partial charge in [-0.05, 0) is 126 Å². The van der Waals surface area contributed by atoms with Crippen LogP contribution in [0.15, 0.2) is 164 Å². The number of rotatable bonds is 4. The number of hydrogen-bond donors (Lipinski definition) is 0. The van der Waals surface area contributed by atoms with Crippen molar-refractivity contribution in [3.05, 3.63) is 214 Å². The molecular weight excluding hydrogens is 741 g/mol. The van der Waals surface area contributed by atoms with E-state index in [9.17, 15) is 0 Å². The third-order valence-electron chi connectivity index (χ3n) is 11.7. The molecule has 0 radical (unpaired) electrons. The second-order valence-corrected chi connectivity index (χ2v) is 16.3. The zero-order chi connectivity index (χ0) is 44.2. The molecule has 0 aliphatic heterocycles. The fourth-order valence-electron chi connectivity index (χ4n) is 7.57. The molecule has 4 aromatic carbocycles. The van der Waals surface area contributed by atoms with E-state index in [1.807, 2.05) is 6.07 Å². The van der Waals surface area contributed by atoms with Crippen molar-refractivity contribution in [2.45, 2.75) is 62.3 Å². The van der Waals surface area contributed by atoms with Gasteiger partial charge >= 0.3 is 0 Å². The van der Waals surface area contributed by atoms with Crippen molar-refractivity contribution in [1.29, 1.82) is 0 Å². The van der Waals surface area contributed by atoms with Crippen LogP contribution in [0.5, 0.6) is 0 Å². The summed E-state index contributed by atoms with van der Waals surface area (Å²) in [6.45, 7) is 19.3. The van der Waals surface area contributed by atoms with Gasteiger partial charge in [-0.2, -0.15) is 4.57 Å². The monoisotopic (exact) mass is 807 g/mol. The van der Waals surface area contributed by atoms with Crippen LogP contribution in [0.4, 0.5) is 0 Å². The highest BCUT2D eigenvalue weighted by Crippen LogP contribution is 2.23. The molecule has 61 heavy (non-hydrogen) atoms. The van der Waals surface area contributed by atoms with Gasteiger partial charge in [-0.3, -0.25) is 0 Å². The fourth-order valence-corrected chi connectivity index (χ4v) is 7.57. The van der Waals surface area contributed by atoms with Gasteiger partial charge < -0.3 is 0 Å². The molecule has 310 valence electrons. The smallest absolute Gasteiger partial charge is 0.201 e. The van der Waals surface area contributed by atoms with Gasteiger partial charge in [-0.25, -0.2) is 13.7 Å². The average molecular weight is 807 g/mol. The molecule has 8 aromatic rings. The molecule has 0 amide bonds. The summed E-state index contributed by atoms with van der Waals surface area (Å²) in [5, 5.41) is 0. The van der Waals surface area contributed by atoms with E-state index in [2.05, 4.69) is 267 Å². The Morgan fingerprint density at radius 3 is 1.18 bits per heavy atom. The van der Waals surface area contributed by atoms with E-state index in [4.69, 9.17) is 0 Å². The van der Waals surface area contributed by atoms with Crippen LogP contribution in [0.1, 0.15) is 50.2 Å². The van der Waals surface area contributed by atoms with E-state index in [-0.39, 0.29) is 0 Å². The van der Waals surface area contributed by atoms with Crippen LogP contribution in [-0.2, 0) is 28.2 Å². The predicted molar refractivity (Wildman–Crippen MR) is 255 cm³/mol. The first-order chi connectivity index (χ1) is 29.2. The molecule has 8 rings (SSSR count). The topological polar surface area (TPSA) is 15.5 Å². The first-order valence-electron chi connectivity index (χ1n) is 21.3. The molecule has 0 aliphatic carbocycles. The predicted octanol–water partition coefficient (Wildman–Crippen LogP) is 11.5. The molecule has 4 nitrogen and oxygen atoms in total. The molecule has 0 saturated carbocycles. The summed E-state index contributed by atoms with van der Waals surface area (Å²) >= 11 is 0. The van der Waals surface area contributed by atoms with E-state index < -0.39 is 0 Å². The SMILES string of the molecule is Cc1cc(-c2ccccc2C)[n+](C)cc1C.Cc1ccc(-c2ccccc2C)[n+](C)c1.Cc1ccccc1-c1ccc(C)c(C)[n+]1C.Cc1ccccc1-c1cccc[n+]1C. The third kappa shape index (κ3) is 11.6. The molecule has 0 saturated heterocycles. The molecule has 0 spiro atoms. The normalized spacial score (nSPS) is 10.4. The van der Waals surface area contributed by atoms with Crippen LogP contribution < -0.4 is 18.3 Å². The summed E-state index contributed by atoms with van der Waals surface area (Å²) in [5.74, 6) is 0. The molecule has 4 aromatic heterocycles. The maximum Gasteiger partial charge on any atom is 0.212 e. The number of pyridine rings is 4. The lowest BCUT2D eigenvalue weighted by atomic mass is 10.0. The quantitative estimate of drug-likeness (QED) is 0.158. The van der Waals surface area contributed by atoms with Crippen molar-refractivity contribution in [2.75, 3.05) is 0 Å². The second kappa shape index (κ2) is 21.1. The number of aromatic nitrogens is 4. The van der Waals surface area contributed by atoms with Gasteiger partial charge in [0.15, 0.2) is 24.3 Å². The molecule has 0 fully saturated rings. The zero-order valence-electron chi connectivity index (χ0n) is 38.9. The Morgan fingerprint density at radius 1 is 0.295 bits per heavy atom. The van der Waals surface area contributed by atoms with Crippen LogP contribution in [0, 0.1) is 62.3 Å². The van der Waals surface area contributed by atoms with Gasteiger partial charge in [0.1, 0.15) is 28.2 Å².